The van der Waals surface area contributed by atoms with E-state index in [1.165, 1.54) is 12.8 Å². The van der Waals surface area contributed by atoms with Gasteiger partial charge in [0.15, 0.2) is 0 Å². The minimum absolute atomic E-state index is 0.342. The fourth-order valence-corrected chi connectivity index (χ4v) is 2.36. The zero-order chi connectivity index (χ0) is 7.73. The first kappa shape index (κ1) is 6.95. The maximum Gasteiger partial charge on any atom is 0.0326 e. The molecule has 1 saturated carbocycles. The van der Waals surface area contributed by atoms with E-state index in [9.17, 15) is 0 Å². The Kier molecular flexibility index (Phi) is 1.51. The second-order valence-electron chi connectivity index (χ2n) is 3.79. The summed E-state index contributed by atoms with van der Waals surface area (Å²) in [6, 6.07) is 0. The smallest absolute Gasteiger partial charge is 0.0326 e. The molecule has 60 valence electrons. The first-order valence-corrected chi connectivity index (χ1v) is 4.06. The highest BCUT2D eigenvalue weighted by molar-refractivity contribution is 5.01. The van der Waals surface area contributed by atoms with Gasteiger partial charge in [0.1, 0.15) is 0 Å². The number of hydrogen-bond acceptors (Lipinski definition) is 2. The summed E-state index contributed by atoms with van der Waals surface area (Å²) in [6.45, 7) is 2.90. The van der Waals surface area contributed by atoms with Gasteiger partial charge in [-0.15, -0.1) is 0 Å². The Balaban J connectivity index is 1.96. The van der Waals surface area contributed by atoms with E-state index in [4.69, 9.17) is 5.53 Å². The Morgan fingerprint density at radius 3 is 3.00 bits per heavy atom. The van der Waals surface area contributed by atoms with Crippen LogP contribution in [0.5, 0.6) is 0 Å². The van der Waals surface area contributed by atoms with E-state index in [2.05, 4.69) is 15.3 Å². The molecule has 1 N–H and O–H groups in total. The van der Waals surface area contributed by atoms with Crippen molar-refractivity contribution in [1.29, 1.82) is 0 Å². The standard InChI is InChI=1S/C7H12N4/c8-11-10-5-7-1-6(2-7)3-9-4-7/h6,9H,1-5H2. The lowest BCUT2D eigenvalue weighted by molar-refractivity contribution is 0.0230. The molecule has 0 aromatic carbocycles. The summed E-state index contributed by atoms with van der Waals surface area (Å²) in [7, 11) is 0. The van der Waals surface area contributed by atoms with Gasteiger partial charge in [0, 0.05) is 18.0 Å². The highest BCUT2D eigenvalue weighted by atomic mass is 15.1. The van der Waals surface area contributed by atoms with Crippen LogP contribution < -0.4 is 5.32 Å². The van der Waals surface area contributed by atoms with Gasteiger partial charge in [-0.3, -0.25) is 0 Å². The van der Waals surface area contributed by atoms with Crippen molar-refractivity contribution >= 4 is 0 Å². The molecule has 3 rings (SSSR count). The van der Waals surface area contributed by atoms with E-state index < -0.39 is 0 Å². The van der Waals surface area contributed by atoms with E-state index >= 15 is 0 Å². The van der Waals surface area contributed by atoms with Crippen LogP contribution in [0.2, 0.25) is 0 Å². The molecule has 2 heterocycles. The molecule has 4 heteroatoms. The van der Waals surface area contributed by atoms with Crippen LogP contribution in [-0.2, 0) is 0 Å². The van der Waals surface area contributed by atoms with Crippen LogP contribution in [0.15, 0.2) is 5.11 Å². The first-order valence-electron chi connectivity index (χ1n) is 4.06. The van der Waals surface area contributed by atoms with Crippen LogP contribution in [-0.4, -0.2) is 19.6 Å². The van der Waals surface area contributed by atoms with Crippen LogP contribution in [0.25, 0.3) is 10.4 Å². The zero-order valence-corrected chi connectivity index (χ0v) is 6.45. The molecular formula is C7H12N4. The molecule has 0 radical (unpaired) electrons. The Morgan fingerprint density at radius 1 is 1.64 bits per heavy atom. The highest BCUT2D eigenvalue weighted by Gasteiger charge is 2.46. The number of piperidine rings is 2. The minimum Gasteiger partial charge on any atom is -0.316 e. The predicted molar refractivity (Wildman–Crippen MR) is 42.0 cm³/mol. The fourth-order valence-electron chi connectivity index (χ4n) is 2.36. The van der Waals surface area contributed by atoms with Gasteiger partial charge in [0.25, 0.3) is 0 Å². The molecule has 0 amide bonds. The van der Waals surface area contributed by atoms with E-state index in [0.717, 1.165) is 19.0 Å². The number of rotatable bonds is 2. The van der Waals surface area contributed by atoms with Crippen molar-refractivity contribution in [2.45, 2.75) is 12.8 Å². The lowest BCUT2D eigenvalue weighted by Gasteiger charge is -2.52. The summed E-state index contributed by atoms with van der Waals surface area (Å²) in [4.78, 5) is 2.80. The molecule has 0 unspecified atom stereocenters. The molecule has 2 bridgehead atoms. The highest BCUT2D eigenvalue weighted by Crippen LogP contribution is 2.47. The maximum atomic E-state index is 8.17. The summed E-state index contributed by atoms with van der Waals surface area (Å²) in [6.07, 6.45) is 2.53. The molecule has 4 nitrogen and oxygen atoms in total. The third kappa shape index (κ3) is 1.08. The van der Waals surface area contributed by atoms with E-state index in [-0.39, 0.29) is 0 Å². The van der Waals surface area contributed by atoms with Crippen molar-refractivity contribution in [2.24, 2.45) is 16.4 Å². The van der Waals surface area contributed by atoms with Crippen molar-refractivity contribution in [1.82, 2.24) is 5.32 Å². The molecule has 2 aliphatic heterocycles. The van der Waals surface area contributed by atoms with Crippen molar-refractivity contribution in [2.75, 3.05) is 19.6 Å². The van der Waals surface area contributed by atoms with Gasteiger partial charge in [-0.05, 0) is 36.3 Å². The number of nitrogens with zero attached hydrogens (tertiary/aromatic N) is 3. The number of fused-ring (bicyclic) bond motifs is 2. The van der Waals surface area contributed by atoms with Crippen LogP contribution >= 0.6 is 0 Å². The molecule has 2 saturated heterocycles. The third-order valence-corrected chi connectivity index (χ3v) is 2.85. The summed E-state index contributed by atoms with van der Waals surface area (Å²) >= 11 is 0. The summed E-state index contributed by atoms with van der Waals surface area (Å²) in [5, 5.41) is 7.00. The molecule has 0 aromatic heterocycles. The van der Waals surface area contributed by atoms with Gasteiger partial charge in [0.2, 0.25) is 0 Å². The normalized spacial score (nSPS) is 40.5. The maximum absolute atomic E-state index is 8.17. The number of hydrogen-bond donors (Lipinski definition) is 1. The van der Waals surface area contributed by atoms with Gasteiger partial charge in [-0.1, -0.05) is 5.11 Å². The van der Waals surface area contributed by atoms with Gasteiger partial charge in [0.05, 0.1) is 0 Å². The lowest BCUT2D eigenvalue weighted by atomic mass is 9.59. The van der Waals surface area contributed by atoms with Crippen LogP contribution in [0.1, 0.15) is 12.8 Å². The van der Waals surface area contributed by atoms with Gasteiger partial charge >= 0.3 is 0 Å². The Bertz CT molecular complexity index is 195. The zero-order valence-electron chi connectivity index (χ0n) is 6.45. The largest absolute Gasteiger partial charge is 0.316 e. The molecule has 3 fully saturated rings. The number of nitrogens with one attached hydrogen (secondary N) is 1. The lowest BCUT2D eigenvalue weighted by Crippen LogP contribution is -2.56. The second kappa shape index (κ2) is 2.40. The van der Waals surface area contributed by atoms with Crippen molar-refractivity contribution in [3.8, 4) is 0 Å². The molecule has 11 heavy (non-hydrogen) atoms. The fraction of sp³-hybridized carbons (Fsp3) is 1.00. The SMILES string of the molecule is [N-]=[N+]=NCC12CNCC(C1)C2. The summed E-state index contributed by atoms with van der Waals surface area (Å²) in [5.41, 5.74) is 8.51. The molecule has 0 spiro atoms. The van der Waals surface area contributed by atoms with E-state index in [1.807, 2.05) is 0 Å². The average molecular weight is 152 g/mol. The first-order chi connectivity index (χ1) is 5.35. The second-order valence-corrected chi connectivity index (χ2v) is 3.79. The summed E-state index contributed by atoms with van der Waals surface area (Å²) in [5.74, 6) is 0.859. The predicted octanol–water partition coefficient (Wildman–Crippen LogP) is 1.30. The van der Waals surface area contributed by atoms with E-state index in [1.54, 1.807) is 0 Å². The molecular weight excluding hydrogens is 140 g/mol. The molecule has 0 atom stereocenters. The van der Waals surface area contributed by atoms with Crippen LogP contribution in [0.3, 0.4) is 0 Å². The Labute approximate surface area is 65.6 Å². The van der Waals surface area contributed by atoms with Crippen molar-refractivity contribution in [3.05, 3.63) is 10.4 Å². The quantitative estimate of drug-likeness (QED) is 0.362. The van der Waals surface area contributed by atoms with Gasteiger partial charge < -0.3 is 5.32 Å². The summed E-state index contributed by atoms with van der Waals surface area (Å²) < 4.78 is 0. The van der Waals surface area contributed by atoms with Crippen molar-refractivity contribution in [3.63, 3.8) is 0 Å². The van der Waals surface area contributed by atoms with Gasteiger partial charge in [-0.25, -0.2) is 0 Å². The number of azide groups is 1. The van der Waals surface area contributed by atoms with E-state index in [0.29, 0.717) is 12.0 Å². The topological polar surface area (TPSA) is 60.8 Å². The Morgan fingerprint density at radius 2 is 2.45 bits per heavy atom. The van der Waals surface area contributed by atoms with Gasteiger partial charge in [-0.2, -0.15) is 0 Å². The monoisotopic (exact) mass is 152 g/mol. The van der Waals surface area contributed by atoms with Crippen molar-refractivity contribution < 1.29 is 0 Å². The third-order valence-electron chi connectivity index (χ3n) is 2.85. The minimum atomic E-state index is 0.342. The van der Waals surface area contributed by atoms with Crippen LogP contribution in [0, 0.1) is 11.3 Å². The molecule has 3 aliphatic rings. The molecule has 0 aromatic rings. The molecule has 1 aliphatic carbocycles. The average Bonchev–Trinajstić information content (AvgIpc) is 2.01. The Hall–Kier alpha value is -0.730. The van der Waals surface area contributed by atoms with Crippen LogP contribution in [0.4, 0.5) is 0 Å².